The summed E-state index contributed by atoms with van der Waals surface area (Å²) in [6.07, 6.45) is -0.957. The zero-order valence-corrected chi connectivity index (χ0v) is 26.3. The van der Waals surface area contributed by atoms with Gasteiger partial charge in [0.2, 0.25) is 5.95 Å². The van der Waals surface area contributed by atoms with E-state index in [-0.39, 0.29) is 30.8 Å². The molecular formula is C35H35N9O5. The summed E-state index contributed by atoms with van der Waals surface area (Å²) in [4.78, 5) is 28.7. The maximum absolute atomic E-state index is 11.6. The van der Waals surface area contributed by atoms with E-state index in [9.17, 15) is 15.0 Å². The molecule has 0 spiro atoms. The van der Waals surface area contributed by atoms with Crippen LogP contribution in [-0.4, -0.2) is 82.8 Å². The topological polar surface area (TPSA) is 185 Å². The molecular weight excluding hydrogens is 626 g/mol. The molecule has 14 heteroatoms. The van der Waals surface area contributed by atoms with Gasteiger partial charge in [0, 0.05) is 12.5 Å². The van der Waals surface area contributed by atoms with Crippen molar-refractivity contribution >= 4 is 29.4 Å². The number of nitrogens with one attached hydrogen (secondary N) is 3. The Labute approximate surface area is 281 Å². The number of imidazole rings is 1. The highest BCUT2D eigenvalue weighted by Crippen LogP contribution is 2.40. The third-order valence-corrected chi connectivity index (χ3v) is 8.58. The molecule has 4 heterocycles. The van der Waals surface area contributed by atoms with E-state index >= 15 is 0 Å². The van der Waals surface area contributed by atoms with Crippen LogP contribution in [-0.2, 0) is 20.7 Å². The Hall–Kier alpha value is -5.70. The summed E-state index contributed by atoms with van der Waals surface area (Å²) in [6, 6.07) is 29.8. The van der Waals surface area contributed by atoms with Crippen LogP contribution in [0.15, 0.2) is 104 Å². The smallest absolute Gasteiger partial charge is 0.293 e. The average Bonchev–Trinajstić information content (AvgIpc) is 3.90. The van der Waals surface area contributed by atoms with Crippen molar-refractivity contribution < 1.29 is 24.5 Å². The van der Waals surface area contributed by atoms with Gasteiger partial charge in [0.1, 0.15) is 18.5 Å². The Kier molecular flexibility index (Phi) is 9.50. The van der Waals surface area contributed by atoms with Crippen molar-refractivity contribution in [3.8, 4) is 0 Å². The summed E-state index contributed by atoms with van der Waals surface area (Å²) < 4.78 is 13.2. The van der Waals surface area contributed by atoms with Gasteiger partial charge in [-0.05, 0) is 23.1 Å². The van der Waals surface area contributed by atoms with Gasteiger partial charge in [-0.25, -0.2) is 4.98 Å². The van der Waals surface area contributed by atoms with Gasteiger partial charge in [-0.1, -0.05) is 91.0 Å². The van der Waals surface area contributed by atoms with Crippen LogP contribution < -0.4 is 10.6 Å². The van der Waals surface area contributed by atoms with Crippen molar-refractivity contribution in [3.63, 3.8) is 0 Å². The van der Waals surface area contributed by atoms with Gasteiger partial charge in [0.05, 0.1) is 19.0 Å². The fourth-order valence-electron chi connectivity index (χ4n) is 6.20. The van der Waals surface area contributed by atoms with Gasteiger partial charge in [0.25, 0.3) is 6.47 Å². The molecule has 0 bridgehead atoms. The van der Waals surface area contributed by atoms with Gasteiger partial charge in [-0.3, -0.25) is 9.36 Å². The highest BCUT2D eigenvalue weighted by Gasteiger charge is 2.49. The molecule has 5 N–H and O–H groups in total. The van der Waals surface area contributed by atoms with Crippen LogP contribution in [0.4, 0.5) is 11.8 Å². The summed E-state index contributed by atoms with van der Waals surface area (Å²) in [6.45, 7) is 0.571. The molecule has 0 aliphatic carbocycles. The predicted octanol–water partition coefficient (Wildman–Crippen LogP) is 3.38. The third kappa shape index (κ3) is 6.83. The van der Waals surface area contributed by atoms with Crippen LogP contribution in [0.3, 0.4) is 0 Å². The molecule has 0 amide bonds. The molecule has 1 aliphatic rings. The fourth-order valence-corrected chi connectivity index (χ4v) is 6.20. The molecule has 250 valence electrons. The summed E-state index contributed by atoms with van der Waals surface area (Å²) in [5.74, 6) is 0.937. The van der Waals surface area contributed by atoms with E-state index in [2.05, 4.69) is 55.1 Å². The Morgan fingerprint density at radius 2 is 1.67 bits per heavy atom. The molecule has 49 heavy (non-hydrogen) atoms. The number of fused-ring (bicyclic) bond motifs is 1. The first-order chi connectivity index (χ1) is 24.1. The SMILES string of the molecule is O=CO[C@@H]1[C@H](O)C(c2nnc[nH]2)O[C@H]1n1cnc2c(NCC(c3ccccc3)c3ccccc3)nc(N[C@H](CO)Cc3ccccc3)nc21. The van der Waals surface area contributed by atoms with Gasteiger partial charge in [-0.15, -0.1) is 10.2 Å². The van der Waals surface area contributed by atoms with E-state index in [1.54, 1.807) is 4.57 Å². The second-order valence-electron chi connectivity index (χ2n) is 11.7. The molecule has 1 saturated heterocycles. The first-order valence-corrected chi connectivity index (χ1v) is 15.9. The quantitative estimate of drug-likeness (QED) is 0.107. The van der Waals surface area contributed by atoms with Crippen molar-refractivity contribution in [2.75, 3.05) is 23.8 Å². The van der Waals surface area contributed by atoms with Crippen LogP contribution in [0.2, 0.25) is 0 Å². The number of carbonyl (C=O) groups is 1. The molecule has 1 unspecified atom stereocenters. The maximum Gasteiger partial charge on any atom is 0.293 e. The molecule has 5 atom stereocenters. The molecule has 3 aromatic heterocycles. The van der Waals surface area contributed by atoms with Gasteiger partial charge < -0.3 is 35.3 Å². The predicted molar refractivity (Wildman–Crippen MR) is 179 cm³/mol. The number of ether oxygens (including phenoxy) is 2. The summed E-state index contributed by atoms with van der Waals surface area (Å²) in [7, 11) is 0. The third-order valence-electron chi connectivity index (χ3n) is 8.58. The van der Waals surface area contributed by atoms with Gasteiger partial charge in [-0.2, -0.15) is 9.97 Å². The van der Waals surface area contributed by atoms with E-state index in [0.717, 1.165) is 16.7 Å². The highest BCUT2D eigenvalue weighted by molar-refractivity contribution is 5.84. The molecule has 6 aromatic rings. The minimum absolute atomic E-state index is 0.0180. The van der Waals surface area contributed by atoms with E-state index in [4.69, 9.17) is 19.4 Å². The number of aromatic amines is 1. The Bertz CT molecular complexity index is 1910. The molecule has 14 nitrogen and oxygen atoms in total. The number of hydrogen-bond acceptors (Lipinski definition) is 12. The summed E-state index contributed by atoms with van der Waals surface area (Å²) >= 11 is 0. The number of hydrogen-bond donors (Lipinski definition) is 5. The van der Waals surface area contributed by atoms with Crippen LogP contribution in [0, 0.1) is 0 Å². The molecule has 0 saturated carbocycles. The standard InChI is InChI=1S/C35H35N9O5/c45-18-25(16-22-10-4-1-5-11-22)40-35-41-31(36-17-26(23-12-6-2-7-13-23)24-14-8-3-9-15-24)27-33(42-35)44(20-38-27)34-30(48-21-46)28(47)29(49-34)32-37-19-39-43-32/h1-15,19-21,25-26,28-30,34,45,47H,16-18H2,(H,37,39,43)(H2,36,40,41,42)/t25-,28+,29?,30+,34+/m0/s1. The van der Waals surface area contributed by atoms with Crippen LogP contribution in [0.25, 0.3) is 11.2 Å². The molecule has 1 aliphatic heterocycles. The first-order valence-electron chi connectivity index (χ1n) is 15.9. The normalized spacial score (nSPS) is 19.6. The fraction of sp³-hybridized carbons (Fsp3) is 0.257. The number of rotatable bonds is 14. The van der Waals surface area contributed by atoms with Crippen LogP contribution >= 0.6 is 0 Å². The monoisotopic (exact) mass is 661 g/mol. The number of aromatic nitrogens is 7. The maximum atomic E-state index is 11.6. The van der Waals surface area contributed by atoms with E-state index in [1.807, 2.05) is 66.7 Å². The minimum Gasteiger partial charge on any atom is -0.457 e. The van der Waals surface area contributed by atoms with Crippen molar-refractivity contribution in [1.29, 1.82) is 0 Å². The Morgan fingerprint density at radius 3 is 2.31 bits per heavy atom. The Balaban J connectivity index is 1.27. The van der Waals surface area contributed by atoms with E-state index < -0.39 is 30.6 Å². The lowest BCUT2D eigenvalue weighted by atomic mass is 9.91. The number of H-pyrrole nitrogens is 1. The molecule has 0 radical (unpaired) electrons. The van der Waals surface area contributed by atoms with Crippen molar-refractivity contribution in [3.05, 3.63) is 126 Å². The van der Waals surface area contributed by atoms with Gasteiger partial charge >= 0.3 is 0 Å². The molecule has 3 aromatic carbocycles. The average molecular weight is 662 g/mol. The number of nitrogens with zero attached hydrogens (tertiary/aromatic N) is 6. The second-order valence-corrected chi connectivity index (χ2v) is 11.7. The summed E-state index contributed by atoms with van der Waals surface area (Å²) in [5, 5.41) is 36.1. The lowest BCUT2D eigenvalue weighted by molar-refractivity contribution is -0.142. The van der Waals surface area contributed by atoms with Crippen molar-refractivity contribution in [1.82, 2.24) is 34.7 Å². The van der Waals surface area contributed by atoms with E-state index in [1.165, 1.54) is 12.7 Å². The zero-order chi connectivity index (χ0) is 33.6. The molecule has 1 fully saturated rings. The van der Waals surface area contributed by atoms with Crippen LogP contribution in [0.1, 0.15) is 40.8 Å². The minimum atomic E-state index is -1.26. The Morgan fingerprint density at radius 1 is 0.980 bits per heavy atom. The largest absolute Gasteiger partial charge is 0.457 e. The van der Waals surface area contributed by atoms with Crippen LogP contribution in [0.5, 0.6) is 0 Å². The number of carbonyl (C=O) groups excluding carboxylic acids is 1. The lowest BCUT2D eigenvalue weighted by Gasteiger charge is -2.22. The second kappa shape index (κ2) is 14.6. The number of aliphatic hydroxyl groups is 2. The molecule has 7 rings (SSSR count). The zero-order valence-electron chi connectivity index (χ0n) is 26.3. The van der Waals surface area contributed by atoms with E-state index in [0.29, 0.717) is 29.9 Å². The van der Waals surface area contributed by atoms with Crippen molar-refractivity contribution in [2.24, 2.45) is 0 Å². The number of aliphatic hydroxyl groups excluding tert-OH is 2. The van der Waals surface area contributed by atoms with Crippen molar-refractivity contribution in [2.45, 2.75) is 42.9 Å². The summed E-state index contributed by atoms with van der Waals surface area (Å²) in [5.41, 5.74) is 4.06. The highest BCUT2D eigenvalue weighted by atomic mass is 16.6. The number of anilines is 2. The van der Waals surface area contributed by atoms with Gasteiger partial charge in [0.15, 0.2) is 35.1 Å². The number of benzene rings is 3. The first kappa shape index (κ1) is 31.9. The lowest BCUT2D eigenvalue weighted by Crippen LogP contribution is -2.32.